The van der Waals surface area contributed by atoms with Gasteiger partial charge in [-0.25, -0.2) is 0 Å². The second kappa shape index (κ2) is 4.64. The van der Waals surface area contributed by atoms with Crippen LogP contribution in [0.3, 0.4) is 0 Å². The molecule has 0 saturated carbocycles. The molecule has 1 aliphatic carbocycles. The number of ether oxygens (including phenoxy) is 1. The van der Waals surface area contributed by atoms with Gasteiger partial charge in [-0.15, -0.1) is 0 Å². The highest BCUT2D eigenvalue weighted by Gasteiger charge is 2.12. The molecule has 0 bridgehead atoms. The first-order valence-electron chi connectivity index (χ1n) is 4.30. The van der Waals surface area contributed by atoms with Crippen molar-refractivity contribution < 1.29 is 19.4 Å². The molecular formula is C9H12O4. The van der Waals surface area contributed by atoms with Crippen LogP contribution in [-0.4, -0.2) is 17.0 Å². The molecule has 0 radical (unpaired) electrons. The quantitative estimate of drug-likeness (QED) is 0.532. The van der Waals surface area contributed by atoms with E-state index in [1.165, 1.54) is 0 Å². The van der Waals surface area contributed by atoms with E-state index in [-0.39, 0.29) is 0 Å². The molecule has 0 aromatic rings. The summed E-state index contributed by atoms with van der Waals surface area (Å²) in [5, 5.41) is 8.29. The summed E-state index contributed by atoms with van der Waals surface area (Å²) < 4.78 is 4.84. The molecule has 0 fully saturated rings. The number of carboxylic acids is 1. The van der Waals surface area contributed by atoms with Crippen LogP contribution >= 0.6 is 0 Å². The van der Waals surface area contributed by atoms with E-state index in [9.17, 15) is 9.59 Å². The van der Waals surface area contributed by atoms with Crippen LogP contribution < -0.4 is 0 Å². The molecule has 72 valence electrons. The smallest absolute Gasteiger partial charge is 0.322 e. The lowest BCUT2D eigenvalue weighted by Crippen LogP contribution is -2.11. The third-order valence-corrected chi connectivity index (χ3v) is 1.79. The third kappa shape index (κ3) is 3.73. The van der Waals surface area contributed by atoms with Gasteiger partial charge < -0.3 is 9.84 Å². The minimum absolute atomic E-state index is 0.558. The molecule has 1 N–H and O–H groups in total. The summed E-state index contributed by atoms with van der Waals surface area (Å²) >= 11 is 0. The summed E-state index contributed by atoms with van der Waals surface area (Å²) in [6, 6.07) is 0. The normalized spacial score (nSPS) is 16.2. The maximum absolute atomic E-state index is 10.9. The van der Waals surface area contributed by atoms with Crippen molar-refractivity contribution >= 4 is 11.9 Å². The van der Waals surface area contributed by atoms with Gasteiger partial charge in [0.15, 0.2) is 0 Å². The number of carbonyl (C=O) groups excluding carboxylic acids is 1. The number of carboxylic acid groups (broad SMARTS) is 1. The van der Waals surface area contributed by atoms with Gasteiger partial charge in [-0.2, -0.15) is 0 Å². The minimum atomic E-state index is -1.15. The largest absolute Gasteiger partial charge is 0.481 e. The highest BCUT2D eigenvalue weighted by Crippen LogP contribution is 2.18. The van der Waals surface area contributed by atoms with Crippen molar-refractivity contribution in [3.05, 3.63) is 11.8 Å². The van der Waals surface area contributed by atoms with E-state index in [0.717, 1.165) is 25.7 Å². The number of carbonyl (C=O) groups is 2. The van der Waals surface area contributed by atoms with Gasteiger partial charge in [-0.05, 0) is 25.3 Å². The fourth-order valence-electron chi connectivity index (χ4n) is 1.21. The van der Waals surface area contributed by atoms with Crippen molar-refractivity contribution in [2.45, 2.75) is 32.1 Å². The Kier molecular flexibility index (Phi) is 3.49. The van der Waals surface area contributed by atoms with Crippen molar-refractivity contribution in [2.24, 2.45) is 0 Å². The number of esters is 1. The van der Waals surface area contributed by atoms with Crippen LogP contribution in [0, 0.1) is 0 Å². The molecule has 1 aliphatic rings. The SMILES string of the molecule is O=C(O)CC(=O)OC1=CCCCC1. The number of aliphatic carboxylic acids is 1. The first-order valence-corrected chi connectivity index (χ1v) is 4.30. The zero-order chi connectivity index (χ0) is 9.68. The molecule has 4 heteroatoms. The maximum atomic E-state index is 10.9. The minimum Gasteiger partial charge on any atom is -0.481 e. The molecule has 13 heavy (non-hydrogen) atoms. The summed E-state index contributed by atoms with van der Waals surface area (Å²) in [5.41, 5.74) is 0. The number of allylic oxidation sites excluding steroid dienone is 2. The number of hydrogen-bond donors (Lipinski definition) is 1. The molecule has 1 rings (SSSR count). The van der Waals surface area contributed by atoms with Gasteiger partial charge in [0.2, 0.25) is 0 Å². The topological polar surface area (TPSA) is 63.6 Å². The van der Waals surface area contributed by atoms with Crippen LogP contribution in [-0.2, 0) is 14.3 Å². The van der Waals surface area contributed by atoms with E-state index in [1.54, 1.807) is 0 Å². The second-order valence-electron chi connectivity index (χ2n) is 2.96. The standard InChI is InChI=1S/C9H12O4/c10-8(11)6-9(12)13-7-4-2-1-3-5-7/h4H,1-3,5-6H2,(H,10,11). The van der Waals surface area contributed by atoms with Crippen molar-refractivity contribution in [3.8, 4) is 0 Å². The van der Waals surface area contributed by atoms with E-state index in [1.807, 2.05) is 6.08 Å². The van der Waals surface area contributed by atoms with Gasteiger partial charge in [0.05, 0.1) is 0 Å². The predicted octanol–water partition coefficient (Wildman–Crippen LogP) is 1.46. The van der Waals surface area contributed by atoms with Crippen LogP contribution in [0.5, 0.6) is 0 Å². The van der Waals surface area contributed by atoms with Crippen molar-refractivity contribution in [1.29, 1.82) is 0 Å². The van der Waals surface area contributed by atoms with E-state index in [0.29, 0.717) is 5.76 Å². The molecule has 0 heterocycles. The van der Waals surface area contributed by atoms with Crippen LogP contribution in [0.2, 0.25) is 0 Å². The highest BCUT2D eigenvalue weighted by atomic mass is 16.5. The Morgan fingerprint density at radius 2 is 2.23 bits per heavy atom. The summed E-state index contributed by atoms with van der Waals surface area (Å²) in [7, 11) is 0. The molecule has 0 spiro atoms. The Balaban J connectivity index is 2.34. The molecule has 0 aliphatic heterocycles. The molecule has 0 unspecified atom stereocenters. The van der Waals surface area contributed by atoms with E-state index in [2.05, 4.69) is 0 Å². The summed E-state index contributed by atoms with van der Waals surface area (Å²) in [6.45, 7) is 0. The molecule has 0 amide bonds. The molecule has 0 aromatic heterocycles. The van der Waals surface area contributed by atoms with Crippen LogP contribution in [0.15, 0.2) is 11.8 Å². The summed E-state index contributed by atoms with van der Waals surface area (Å²) in [4.78, 5) is 21.0. The fourth-order valence-corrected chi connectivity index (χ4v) is 1.21. The van der Waals surface area contributed by atoms with Gasteiger partial charge in [0, 0.05) is 6.42 Å². The van der Waals surface area contributed by atoms with E-state index < -0.39 is 18.4 Å². The average molecular weight is 184 g/mol. The molecule has 0 atom stereocenters. The number of rotatable bonds is 3. The molecule has 0 aromatic carbocycles. The first kappa shape index (κ1) is 9.77. The first-order chi connectivity index (χ1) is 6.18. The molecular weight excluding hydrogens is 172 g/mol. The van der Waals surface area contributed by atoms with Crippen LogP contribution in [0.25, 0.3) is 0 Å². The fraction of sp³-hybridized carbons (Fsp3) is 0.556. The Morgan fingerprint density at radius 3 is 2.77 bits per heavy atom. The van der Waals surface area contributed by atoms with Gasteiger partial charge in [-0.1, -0.05) is 0 Å². The lowest BCUT2D eigenvalue weighted by atomic mass is 10.1. The van der Waals surface area contributed by atoms with Gasteiger partial charge >= 0.3 is 11.9 Å². The zero-order valence-corrected chi connectivity index (χ0v) is 7.28. The Bertz CT molecular complexity index is 242. The van der Waals surface area contributed by atoms with E-state index >= 15 is 0 Å². The Hall–Kier alpha value is -1.32. The van der Waals surface area contributed by atoms with Crippen molar-refractivity contribution in [1.82, 2.24) is 0 Å². The van der Waals surface area contributed by atoms with E-state index in [4.69, 9.17) is 9.84 Å². The van der Waals surface area contributed by atoms with Gasteiger partial charge in [0.25, 0.3) is 0 Å². The third-order valence-electron chi connectivity index (χ3n) is 1.79. The van der Waals surface area contributed by atoms with Crippen molar-refractivity contribution in [3.63, 3.8) is 0 Å². The Labute approximate surface area is 76.2 Å². The monoisotopic (exact) mass is 184 g/mol. The second-order valence-corrected chi connectivity index (χ2v) is 2.96. The van der Waals surface area contributed by atoms with Crippen LogP contribution in [0.1, 0.15) is 32.1 Å². The predicted molar refractivity (Wildman–Crippen MR) is 44.9 cm³/mol. The molecule has 4 nitrogen and oxygen atoms in total. The maximum Gasteiger partial charge on any atom is 0.322 e. The van der Waals surface area contributed by atoms with Gasteiger partial charge in [0.1, 0.15) is 12.2 Å². The summed E-state index contributed by atoms with van der Waals surface area (Å²) in [5.74, 6) is -1.21. The van der Waals surface area contributed by atoms with Gasteiger partial charge in [-0.3, -0.25) is 9.59 Å². The molecule has 0 saturated heterocycles. The lowest BCUT2D eigenvalue weighted by Gasteiger charge is -2.11. The average Bonchev–Trinajstić information content (AvgIpc) is 2.04. The number of hydrogen-bond acceptors (Lipinski definition) is 3. The Morgan fingerprint density at radius 1 is 1.46 bits per heavy atom. The van der Waals surface area contributed by atoms with Crippen LogP contribution in [0.4, 0.5) is 0 Å². The highest BCUT2D eigenvalue weighted by molar-refractivity contribution is 5.90. The summed E-state index contributed by atoms with van der Waals surface area (Å²) in [6.07, 6.45) is 5.06. The van der Waals surface area contributed by atoms with Crippen molar-refractivity contribution in [2.75, 3.05) is 0 Å². The zero-order valence-electron chi connectivity index (χ0n) is 7.28. The lowest BCUT2D eigenvalue weighted by molar-refractivity contribution is -0.148.